The number of nitrogen functional groups attached to an aromatic ring is 1. The van der Waals surface area contributed by atoms with E-state index in [9.17, 15) is 9.18 Å². The van der Waals surface area contributed by atoms with E-state index < -0.39 is 12.6 Å². The Labute approximate surface area is 69.2 Å². The first-order valence-electron chi connectivity index (χ1n) is 3.39. The molecule has 1 aromatic carbocycles. The highest BCUT2D eigenvalue weighted by Crippen LogP contribution is 2.13. The molecule has 0 atom stereocenters. The van der Waals surface area contributed by atoms with Crippen LogP contribution in [0.2, 0.25) is 0 Å². The van der Waals surface area contributed by atoms with Gasteiger partial charge in [-0.3, -0.25) is 4.79 Å². The van der Waals surface area contributed by atoms with Gasteiger partial charge in [0.2, 0.25) is 5.91 Å². The van der Waals surface area contributed by atoms with Crippen LogP contribution in [0.5, 0.6) is 0 Å². The van der Waals surface area contributed by atoms with E-state index in [1.54, 1.807) is 0 Å². The van der Waals surface area contributed by atoms with Crippen LogP contribution in [-0.4, -0.2) is 5.91 Å². The van der Waals surface area contributed by atoms with Gasteiger partial charge in [-0.05, 0) is 17.7 Å². The molecule has 4 heteroatoms. The second kappa shape index (κ2) is 3.21. The summed E-state index contributed by atoms with van der Waals surface area (Å²) in [6.07, 6.45) is 0. The van der Waals surface area contributed by atoms with Crippen molar-refractivity contribution in [1.29, 1.82) is 0 Å². The topological polar surface area (TPSA) is 69.1 Å². The summed E-state index contributed by atoms with van der Waals surface area (Å²) in [5, 5.41) is 0. The van der Waals surface area contributed by atoms with Crippen LogP contribution in [0.3, 0.4) is 0 Å². The predicted molar refractivity (Wildman–Crippen MR) is 44.2 cm³/mol. The van der Waals surface area contributed by atoms with Gasteiger partial charge in [0.05, 0.1) is 0 Å². The molecular formula is C8H9FN2O. The summed E-state index contributed by atoms with van der Waals surface area (Å²) in [6, 6.07) is 4.36. The van der Waals surface area contributed by atoms with Crippen LogP contribution < -0.4 is 11.5 Å². The van der Waals surface area contributed by atoms with E-state index >= 15 is 0 Å². The van der Waals surface area contributed by atoms with Crippen molar-refractivity contribution in [3.63, 3.8) is 0 Å². The minimum atomic E-state index is -0.710. The third kappa shape index (κ3) is 1.53. The van der Waals surface area contributed by atoms with Gasteiger partial charge >= 0.3 is 0 Å². The zero-order valence-electron chi connectivity index (χ0n) is 6.38. The van der Waals surface area contributed by atoms with Gasteiger partial charge in [0, 0.05) is 11.3 Å². The first-order valence-corrected chi connectivity index (χ1v) is 3.39. The molecule has 0 saturated carbocycles. The number of rotatable bonds is 2. The van der Waals surface area contributed by atoms with E-state index in [0.29, 0.717) is 5.69 Å². The molecule has 0 aliphatic carbocycles. The number of hydrogen-bond acceptors (Lipinski definition) is 2. The Balaban J connectivity index is 3.21. The minimum Gasteiger partial charge on any atom is -0.399 e. The van der Waals surface area contributed by atoms with Gasteiger partial charge < -0.3 is 11.5 Å². The maximum absolute atomic E-state index is 12.2. The fourth-order valence-electron chi connectivity index (χ4n) is 0.940. The summed E-state index contributed by atoms with van der Waals surface area (Å²) < 4.78 is 12.2. The highest BCUT2D eigenvalue weighted by molar-refractivity contribution is 5.95. The molecule has 0 spiro atoms. The molecule has 4 N–H and O–H groups in total. The van der Waals surface area contributed by atoms with Crippen LogP contribution in [0.25, 0.3) is 0 Å². The number of halogens is 1. The summed E-state index contributed by atoms with van der Waals surface area (Å²) in [6.45, 7) is -0.710. The van der Waals surface area contributed by atoms with Crippen molar-refractivity contribution < 1.29 is 9.18 Å². The van der Waals surface area contributed by atoms with Crippen molar-refractivity contribution in [2.24, 2.45) is 5.73 Å². The SMILES string of the molecule is NC(=O)c1cc(N)ccc1CF. The van der Waals surface area contributed by atoms with Crippen LogP contribution in [0.4, 0.5) is 10.1 Å². The zero-order chi connectivity index (χ0) is 9.14. The molecule has 0 aliphatic heterocycles. The Hall–Kier alpha value is -1.58. The molecule has 0 aromatic heterocycles. The molecule has 12 heavy (non-hydrogen) atoms. The highest BCUT2D eigenvalue weighted by Gasteiger charge is 2.07. The van der Waals surface area contributed by atoms with Gasteiger partial charge in [-0.1, -0.05) is 6.07 Å². The molecule has 0 saturated heterocycles. The largest absolute Gasteiger partial charge is 0.399 e. The molecule has 0 fully saturated rings. The average molecular weight is 168 g/mol. The van der Waals surface area contributed by atoms with Crippen LogP contribution >= 0.6 is 0 Å². The van der Waals surface area contributed by atoms with Crippen LogP contribution in [0, 0.1) is 0 Å². The van der Waals surface area contributed by atoms with E-state index in [0.717, 1.165) is 0 Å². The summed E-state index contributed by atoms with van der Waals surface area (Å²) in [5.41, 5.74) is 11.2. The monoisotopic (exact) mass is 168 g/mol. The molecule has 1 rings (SSSR count). The minimum absolute atomic E-state index is 0.150. The Morgan fingerprint density at radius 1 is 1.50 bits per heavy atom. The lowest BCUT2D eigenvalue weighted by Gasteiger charge is -2.02. The lowest BCUT2D eigenvalue weighted by molar-refractivity contribution is 0.0998. The van der Waals surface area contributed by atoms with Gasteiger partial charge in [0.25, 0.3) is 0 Å². The number of carbonyl (C=O) groups is 1. The van der Waals surface area contributed by atoms with Crippen molar-refractivity contribution in [2.75, 3.05) is 5.73 Å². The predicted octanol–water partition coefficient (Wildman–Crippen LogP) is 0.837. The third-order valence-corrected chi connectivity index (χ3v) is 1.54. The van der Waals surface area contributed by atoms with Gasteiger partial charge in [-0.15, -0.1) is 0 Å². The van der Waals surface area contributed by atoms with E-state index in [1.165, 1.54) is 18.2 Å². The van der Waals surface area contributed by atoms with Gasteiger partial charge in [-0.2, -0.15) is 0 Å². The summed E-state index contributed by atoms with van der Waals surface area (Å²) >= 11 is 0. The second-order valence-electron chi connectivity index (χ2n) is 2.41. The molecule has 0 aliphatic rings. The first kappa shape index (κ1) is 8.52. The zero-order valence-corrected chi connectivity index (χ0v) is 6.38. The number of benzene rings is 1. The number of anilines is 1. The Kier molecular flexibility index (Phi) is 2.28. The van der Waals surface area contributed by atoms with Gasteiger partial charge in [0.1, 0.15) is 6.67 Å². The van der Waals surface area contributed by atoms with E-state index in [2.05, 4.69) is 0 Å². The summed E-state index contributed by atoms with van der Waals surface area (Å²) in [7, 11) is 0. The number of carbonyl (C=O) groups excluding carboxylic acids is 1. The molecule has 1 amide bonds. The fraction of sp³-hybridized carbons (Fsp3) is 0.125. The molecule has 0 heterocycles. The van der Waals surface area contributed by atoms with Gasteiger partial charge in [0.15, 0.2) is 0 Å². The number of primary amides is 1. The van der Waals surface area contributed by atoms with E-state index in [1.807, 2.05) is 0 Å². The maximum atomic E-state index is 12.2. The molecule has 0 bridgehead atoms. The Bertz CT molecular complexity index is 312. The highest BCUT2D eigenvalue weighted by atomic mass is 19.1. The molecular weight excluding hydrogens is 159 g/mol. The number of amides is 1. The molecule has 1 aromatic rings. The summed E-state index contributed by atoms with van der Waals surface area (Å²) in [5.74, 6) is -0.657. The van der Waals surface area contributed by atoms with Crippen LogP contribution in [-0.2, 0) is 6.67 Å². The lowest BCUT2D eigenvalue weighted by Crippen LogP contribution is -2.13. The number of nitrogens with two attached hydrogens (primary N) is 2. The Morgan fingerprint density at radius 2 is 2.17 bits per heavy atom. The van der Waals surface area contributed by atoms with E-state index in [-0.39, 0.29) is 11.1 Å². The molecule has 3 nitrogen and oxygen atoms in total. The standard InChI is InChI=1S/C8H9FN2O/c9-4-5-1-2-6(10)3-7(5)8(11)12/h1-3H,4,10H2,(H2,11,12). The normalized spacial score (nSPS) is 9.75. The Morgan fingerprint density at radius 3 is 2.67 bits per heavy atom. The second-order valence-corrected chi connectivity index (χ2v) is 2.41. The van der Waals surface area contributed by atoms with E-state index in [4.69, 9.17) is 11.5 Å². The number of hydrogen-bond donors (Lipinski definition) is 2. The van der Waals surface area contributed by atoms with Crippen molar-refractivity contribution in [1.82, 2.24) is 0 Å². The van der Waals surface area contributed by atoms with Crippen molar-refractivity contribution in [2.45, 2.75) is 6.67 Å². The fourth-order valence-corrected chi connectivity index (χ4v) is 0.940. The third-order valence-electron chi connectivity index (χ3n) is 1.54. The quantitative estimate of drug-likeness (QED) is 0.642. The first-order chi connectivity index (χ1) is 5.65. The van der Waals surface area contributed by atoms with Crippen LogP contribution in [0.1, 0.15) is 15.9 Å². The van der Waals surface area contributed by atoms with Crippen molar-refractivity contribution >= 4 is 11.6 Å². The molecule has 64 valence electrons. The van der Waals surface area contributed by atoms with Crippen LogP contribution in [0.15, 0.2) is 18.2 Å². The number of alkyl halides is 1. The van der Waals surface area contributed by atoms with Gasteiger partial charge in [-0.25, -0.2) is 4.39 Å². The van der Waals surface area contributed by atoms with Crippen molar-refractivity contribution in [3.05, 3.63) is 29.3 Å². The lowest BCUT2D eigenvalue weighted by atomic mass is 10.1. The van der Waals surface area contributed by atoms with Crippen molar-refractivity contribution in [3.8, 4) is 0 Å². The molecule has 0 unspecified atom stereocenters. The maximum Gasteiger partial charge on any atom is 0.249 e. The molecule has 0 radical (unpaired) electrons. The average Bonchev–Trinajstić information content (AvgIpc) is 2.04. The summed E-state index contributed by atoms with van der Waals surface area (Å²) in [4.78, 5) is 10.7. The smallest absolute Gasteiger partial charge is 0.249 e.